The summed E-state index contributed by atoms with van der Waals surface area (Å²) in [6, 6.07) is 0. The molecule has 0 saturated carbocycles. The van der Waals surface area contributed by atoms with Crippen molar-refractivity contribution in [2.75, 3.05) is 20.1 Å². The summed E-state index contributed by atoms with van der Waals surface area (Å²) in [5, 5.41) is -0.526. The van der Waals surface area contributed by atoms with Crippen LogP contribution >= 0.6 is 11.6 Å². The Bertz CT molecular complexity index is 554. The lowest BCUT2D eigenvalue weighted by Crippen LogP contribution is -2.42. The predicted octanol–water partition coefficient (Wildman–Crippen LogP) is 0.671. The van der Waals surface area contributed by atoms with Gasteiger partial charge < -0.3 is 4.90 Å². The second kappa shape index (κ2) is 5.24. The van der Waals surface area contributed by atoms with E-state index in [1.165, 1.54) is 0 Å². The van der Waals surface area contributed by atoms with Crippen molar-refractivity contribution in [1.29, 1.82) is 0 Å². The molecule has 1 aliphatic heterocycles. The Kier molecular flexibility index (Phi) is 3.87. The molecule has 0 aliphatic carbocycles. The largest absolute Gasteiger partial charge is 0.329 e. The van der Waals surface area contributed by atoms with E-state index in [-0.39, 0.29) is 12.5 Å². The van der Waals surface area contributed by atoms with Gasteiger partial charge in [-0.1, -0.05) is 11.6 Å². The SMILES string of the molecule is CN1CCCC(Cn2c(=O)[nH]c(Cl)c(F)c2=O)C1. The summed E-state index contributed by atoms with van der Waals surface area (Å²) in [5.74, 6) is -0.913. The van der Waals surface area contributed by atoms with E-state index in [0.29, 0.717) is 0 Å². The Balaban J connectivity index is 2.27. The number of piperidine rings is 1. The number of halogens is 2. The summed E-state index contributed by atoms with van der Waals surface area (Å²) in [6.07, 6.45) is 1.95. The van der Waals surface area contributed by atoms with Crippen molar-refractivity contribution in [3.05, 3.63) is 31.8 Å². The van der Waals surface area contributed by atoms with Gasteiger partial charge in [0.15, 0.2) is 5.15 Å². The number of rotatable bonds is 2. The fraction of sp³-hybridized carbons (Fsp3) is 0.636. The van der Waals surface area contributed by atoms with Gasteiger partial charge in [-0.25, -0.2) is 4.79 Å². The quantitative estimate of drug-likeness (QED) is 0.807. The number of aromatic nitrogens is 2. The van der Waals surface area contributed by atoms with Crippen LogP contribution in [0.3, 0.4) is 0 Å². The lowest BCUT2D eigenvalue weighted by atomic mass is 9.98. The first-order valence-electron chi connectivity index (χ1n) is 5.85. The number of hydrogen-bond donors (Lipinski definition) is 1. The van der Waals surface area contributed by atoms with Crippen LogP contribution in [0.2, 0.25) is 5.15 Å². The average molecular weight is 276 g/mol. The zero-order chi connectivity index (χ0) is 13.3. The minimum absolute atomic E-state index is 0.183. The Morgan fingerprint density at radius 2 is 2.22 bits per heavy atom. The fourth-order valence-electron chi connectivity index (χ4n) is 2.37. The topological polar surface area (TPSA) is 58.1 Å². The molecule has 1 aromatic heterocycles. The number of nitrogens with zero attached hydrogens (tertiary/aromatic N) is 2. The van der Waals surface area contributed by atoms with Crippen LogP contribution in [0.5, 0.6) is 0 Å². The molecule has 2 heterocycles. The third-order valence-electron chi connectivity index (χ3n) is 3.25. The second-order valence-electron chi connectivity index (χ2n) is 4.74. The molecule has 1 atom stereocenters. The highest BCUT2D eigenvalue weighted by atomic mass is 35.5. The van der Waals surface area contributed by atoms with Crippen LogP contribution < -0.4 is 11.2 Å². The smallest absolute Gasteiger partial charge is 0.306 e. The van der Waals surface area contributed by atoms with E-state index in [4.69, 9.17) is 11.6 Å². The first-order valence-corrected chi connectivity index (χ1v) is 6.23. The van der Waals surface area contributed by atoms with E-state index < -0.39 is 22.2 Å². The molecule has 0 radical (unpaired) electrons. The summed E-state index contributed by atoms with van der Waals surface area (Å²) in [5.41, 5.74) is -1.60. The minimum Gasteiger partial charge on any atom is -0.306 e. The predicted molar refractivity (Wildman–Crippen MR) is 66.5 cm³/mol. The fourth-order valence-corrected chi connectivity index (χ4v) is 2.53. The number of aromatic amines is 1. The summed E-state index contributed by atoms with van der Waals surface area (Å²) in [6.45, 7) is 2.04. The van der Waals surface area contributed by atoms with E-state index in [1.807, 2.05) is 7.05 Å². The molecule has 0 bridgehead atoms. The van der Waals surface area contributed by atoms with Gasteiger partial charge in [-0.3, -0.25) is 14.3 Å². The van der Waals surface area contributed by atoms with E-state index in [9.17, 15) is 14.0 Å². The zero-order valence-electron chi connectivity index (χ0n) is 10.1. The number of hydrogen-bond acceptors (Lipinski definition) is 3. The van der Waals surface area contributed by atoms with Gasteiger partial charge in [-0.05, 0) is 32.4 Å². The van der Waals surface area contributed by atoms with Gasteiger partial charge in [-0.2, -0.15) is 4.39 Å². The average Bonchev–Trinajstić information content (AvgIpc) is 2.32. The first kappa shape index (κ1) is 13.3. The molecule has 1 unspecified atom stereocenters. The van der Waals surface area contributed by atoms with Gasteiger partial charge in [-0.15, -0.1) is 0 Å². The van der Waals surface area contributed by atoms with Crippen LogP contribution in [0, 0.1) is 11.7 Å². The molecule has 5 nitrogen and oxygen atoms in total. The first-order chi connectivity index (χ1) is 8.49. The minimum atomic E-state index is -1.10. The number of likely N-dealkylation sites (tertiary alicyclic amines) is 1. The van der Waals surface area contributed by atoms with Gasteiger partial charge in [0.05, 0.1) is 0 Å². The van der Waals surface area contributed by atoms with Crippen LogP contribution in [0.15, 0.2) is 9.59 Å². The molecule has 0 aromatic carbocycles. The van der Waals surface area contributed by atoms with Crippen LogP contribution in [-0.2, 0) is 6.54 Å². The number of H-pyrrole nitrogens is 1. The van der Waals surface area contributed by atoms with E-state index >= 15 is 0 Å². The van der Waals surface area contributed by atoms with E-state index in [1.54, 1.807) is 0 Å². The van der Waals surface area contributed by atoms with Crippen molar-refractivity contribution in [1.82, 2.24) is 14.5 Å². The van der Waals surface area contributed by atoms with Crippen molar-refractivity contribution >= 4 is 11.6 Å². The Morgan fingerprint density at radius 3 is 2.89 bits per heavy atom. The van der Waals surface area contributed by atoms with Crippen molar-refractivity contribution < 1.29 is 4.39 Å². The van der Waals surface area contributed by atoms with Crippen molar-refractivity contribution in [3.63, 3.8) is 0 Å². The Morgan fingerprint density at radius 1 is 1.50 bits per heavy atom. The molecule has 1 N–H and O–H groups in total. The summed E-state index contributed by atoms with van der Waals surface area (Å²) >= 11 is 5.41. The highest BCUT2D eigenvalue weighted by Crippen LogP contribution is 2.16. The Labute approximate surface area is 108 Å². The van der Waals surface area contributed by atoms with E-state index in [2.05, 4.69) is 9.88 Å². The third kappa shape index (κ3) is 2.64. The van der Waals surface area contributed by atoms with Crippen molar-refractivity contribution in [3.8, 4) is 0 Å². The van der Waals surface area contributed by atoms with Gasteiger partial charge >= 0.3 is 5.69 Å². The zero-order valence-corrected chi connectivity index (χ0v) is 10.8. The van der Waals surface area contributed by atoms with Crippen LogP contribution in [-0.4, -0.2) is 34.6 Å². The molecular formula is C11H15ClFN3O2. The molecule has 7 heteroatoms. The lowest BCUT2D eigenvalue weighted by Gasteiger charge is -2.29. The van der Waals surface area contributed by atoms with Crippen LogP contribution in [0.4, 0.5) is 4.39 Å². The molecule has 0 amide bonds. The molecule has 1 aromatic rings. The van der Waals surface area contributed by atoms with Crippen LogP contribution in [0.25, 0.3) is 0 Å². The van der Waals surface area contributed by atoms with Crippen molar-refractivity contribution in [2.45, 2.75) is 19.4 Å². The van der Waals surface area contributed by atoms with Gasteiger partial charge in [0.2, 0.25) is 5.82 Å². The summed E-state index contributed by atoms with van der Waals surface area (Å²) in [4.78, 5) is 27.5. The molecule has 2 rings (SSSR count). The van der Waals surface area contributed by atoms with Gasteiger partial charge in [0, 0.05) is 13.1 Å². The molecule has 100 valence electrons. The molecule has 18 heavy (non-hydrogen) atoms. The highest BCUT2D eigenvalue weighted by molar-refractivity contribution is 6.29. The maximum atomic E-state index is 13.4. The molecule has 1 aliphatic rings. The van der Waals surface area contributed by atoms with Gasteiger partial charge in [0.1, 0.15) is 0 Å². The standard InChI is InChI=1S/C11H15ClFN3O2/c1-15-4-2-3-7(5-15)6-16-10(17)8(13)9(12)14-11(16)18/h7H,2-6H2,1H3,(H,14,18). The lowest BCUT2D eigenvalue weighted by molar-refractivity contribution is 0.191. The molecular weight excluding hydrogens is 261 g/mol. The maximum Gasteiger partial charge on any atom is 0.329 e. The van der Waals surface area contributed by atoms with Crippen LogP contribution in [0.1, 0.15) is 12.8 Å². The summed E-state index contributed by atoms with van der Waals surface area (Å²) < 4.78 is 14.3. The van der Waals surface area contributed by atoms with Gasteiger partial charge in [0.25, 0.3) is 5.56 Å². The monoisotopic (exact) mass is 275 g/mol. The highest BCUT2D eigenvalue weighted by Gasteiger charge is 2.20. The summed E-state index contributed by atoms with van der Waals surface area (Å²) in [7, 11) is 1.99. The maximum absolute atomic E-state index is 13.4. The molecule has 0 spiro atoms. The number of nitrogens with one attached hydrogen (secondary N) is 1. The second-order valence-corrected chi connectivity index (χ2v) is 5.12. The molecule has 1 fully saturated rings. The van der Waals surface area contributed by atoms with E-state index in [0.717, 1.165) is 30.5 Å². The Hall–Kier alpha value is -1.14. The molecule has 1 saturated heterocycles. The van der Waals surface area contributed by atoms with Crippen molar-refractivity contribution in [2.24, 2.45) is 5.92 Å². The normalized spacial score (nSPS) is 21.2. The third-order valence-corrected chi connectivity index (χ3v) is 3.51.